The minimum Gasteiger partial charge on any atom is -0.175 e. The van der Waals surface area contributed by atoms with E-state index in [0.29, 0.717) is 5.95 Å². The van der Waals surface area contributed by atoms with Crippen LogP contribution in [-0.4, -0.2) is 35.6 Å². The van der Waals surface area contributed by atoms with E-state index in [1.54, 1.807) is 0 Å². The monoisotopic (exact) mass is 137 g/mol. The maximum atomic E-state index is 3.78. The molecular formula is C3H3N7. The molecule has 0 aromatic carbocycles. The van der Waals surface area contributed by atoms with Crippen LogP contribution in [-0.2, 0) is 0 Å². The topological polar surface area (TPSA) is 85.2 Å². The fourth-order valence-electron chi connectivity index (χ4n) is 0.560. The van der Waals surface area contributed by atoms with Gasteiger partial charge in [-0.3, -0.25) is 0 Å². The molecule has 0 bridgehead atoms. The molecule has 0 saturated heterocycles. The Morgan fingerprint density at radius 3 is 2.70 bits per heavy atom. The Kier molecular flexibility index (Phi) is 0.938. The summed E-state index contributed by atoms with van der Waals surface area (Å²) in [7, 11) is 0. The van der Waals surface area contributed by atoms with Crippen molar-refractivity contribution < 1.29 is 0 Å². The van der Waals surface area contributed by atoms with Gasteiger partial charge in [0.15, 0.2) is 0 Å². The number of H-pyrrole nitrogens is 1. The van der Waals surface area contributed by atoms with Crippen molar-refractivity contribution in [1.82, 2.24) is 35.6 Å². The van der Waals surface area contributed by atoms with E-state index < -0.39 is 0 Å². The molecule has 10 heavy (non-hydrogen) atoms. The van der Waals surface area contributed by atoms with Gasteiger partial charge in [0.2, 0.25) is 0 Å². The molecule has 0 fully saturated rings. The first-order valence-corrected chi connectivity index (χ1v) is 2.57. The van der Waals surface area contributed by atoms with Gasteiger partial charge in [0.1, 0.15) is 0 Å². The van der Waals surface area contributed by atoms with Crippen LogP contribution in [0.4, 0.5) is 0 Å². The molecule has 7 heteroatoms. The highest BCUT2D eigenvalue weighted by atomic mass is 15.6. The van der Waals surface area contributed by atoms with Crippen LogP contribution in [0, 0.1) is 0 Å². The summed E-state index contributed by atoms with van der Waals surface area (Å²) in [6.07, 6.45) is 3.08. The Morgan fingerprint density at radius 1 is 1.30 bits per heavy atom. The highest BCUT2D eigenvalue weighted by molar-refractivity contribution is 4.95. The Balaban J connectivity index is 2.48. The number of aromatic amines is 1. The van der Waals surface area contributed by atoms with E-state index >= 15 is 0 Å². The van der Waals surface area contributed by atoms with E-state index in [9.17, 15) is 0 Å². The lowest BCUT2D eigenvalue weighted by Crippen LogP contribution is -2.00. The second-order valence-corrected chi connectivity index (χ2v) is 1.53. The number of hydrogen-bond donors (Lipinski definition) is 1. The second kappa shape index (κ2) is 1.87. The number of aromatic nitrogens is 7. The lowest BCUT2D eigenvalue weighted by Gasteiger charge is -1.84. The van der Waals surface area contributed by atoms with Crippen LogP contribution in [0.15, 0.2) is 12.4 Å². The third-order valence-corrected chi connectivity index (χ3v) is 0.932. The molecular weight excluding hydrogens is 134 g/mol. The van der Waals surface area contributed by atoms with E-state index in [4.69, 9.17) is 0 Å². The van der Waals surface area contributed by atoms with Gasteiger partial charge in [0, 0.05) is 0 Å². The van der Waals surface area contributed by atoms with E-state index in [0.717, 1.165) is 0 Å². The second-order valence-electron chi connectivity index (χ2n) is 1.53. The quantitative estimate of drug-likeness (QED) is 0.532. The molecule has 0 aliphatic rings. The first-order valence-electron chi connectivity index (χ1n) is 2.57. The lowest BCUT2D eigenvalue weighted by molar-refractivity contribution is 0.705. The van der Waals surface area contributed by atoms with Gasteiger partial charge >= 0.3 is 5.95 Å². The predicted molar refractivity (Wildman–Crippen MR) is 29.1 cm³/mol. The van der Waals surface area contributed by atoms with Crippen molar-refractivity contribution in [2.75, 3.05) is 0 Å². The fraction of sp³-hybridized carbons (Fsp3) is 0. The third-order valence-electron chi connectivity index (χ3n) is 0.932. The van der Waals surface area contributed by atoms with Crippen LogP contribution in [0.1, 0.15) is 0 Å². The van der Waals surface area contributed by atoms with Gasteiger partial charge in [-0.15, -0.1) is 9.90 Å². The Morgan fingerprint density at radius 2 is 2.10 bits per heavy atom. The number of tetrazole rings is 1. The standard InChI is InChI=1S/C3H3N7/c1-2-5-10(4-1)3-6-8-9-7-3/h1-2H,(H,6,7,8,9). The van der Waals surface area contributed by atoms with Gasteiger partial charge in [-0.1, -0.05) is 5.10 Å². The van der Waals surface area contributed by atoms with E-state index in [2.05, 4.69) is 30.8 Å². The molecule has 0 atom stereocenters. The van der Waals surface area contributed by atoms with Gasteiger partial charge in [-0.2, -0.15) is 15.4 Å². The van der Waals surface area contributed by atoms with E-state index in [-0.39, 0.29) is 0 Å². The normalized spacial score (nSPS) is 10.0. The van der Waals surface area contributed by atoms with Gasteiger partial charge in [0.05, 0.1) is 12.4 Å². The van der Waals surface area contributed by atoms with Crippen molar-refractivity contribution in [2.45, 2.75) is 0 Å². The highest BCUT2D eigenvalue weighted by Crippen LogP contribution is 1.86. The molecule has 0 aliphatic carbocycles. The smallest absolute Gasteiger partial charge is 0.175 e. The minimum atomic E-state index is 0.338. The zero-order valence-corrected chi connectivity index (χ0v) is 4.84. The molecule has 2 aromatic heterocycles. The van der Waals surface area contributed by atoms with Crippen LogP contribution in [0.3, 0.4) is 0 Å². The Hall–Kier alpha value is -1.79. The molecule has 2 aromatic rings. The molecule has 1 N–H and O–H groups in total. The third kappa shape index (κ3) is 0.642. The molecule has 2 rings (SSSR count). The summed E-state index contributed by atoms with van der Waals surface area (Å²) in [6.45, 7) is 0. The van der Waals surface area contributed by atoms with Crippen LogP contribution in [0.25, 0.3) is 5.95 Å². The van der Waals surface area contributed by atoms with E-state index in [1.807, 2.05) is 0 Å². The van der Waals surface area contributed by atoms with Crippen molar-refractivity contribution in [3.8, 4) is 5.95 Å². The van der Waals surface area contributed by atoms with Crippen molar-refractivity contribution in [3.63, 3.8) is 0 Å². The number of nitrogens with zero attached hydrogens (tertiary/aromatic N) is 6. The van der Waals surface area contributed by atoms with Gasteiger partial charge in [-0.25, -0.2) is 0 Å². The van der Waals surface area contributed by atoms with Crippen LogP contribution >= 0.6 is 0 Å². The van der Waals surface area contributed by atoms with Crippen LogP contribution in [0.2, 0.25) is 0 Å². The summed E-state index contributed by atoms with van der Waals surface area (Å²) in [4.78, 5) is 1.27. The van der Waals surface area contributed by atoms with Gasteiger partial charge in [0.25, 0.3) is 0 Å². The summed E-state index contributed by atoms with van der Waals surface area (Å²) in [5.41, 5.74) is 0. The van der Waals surface area contributed by atoms with Crippen molar-refractivity contribution in [1.29, 1.82) is 0 Å². The molecule has 0 spiro atoms. The summed E-state index contributed by atoms with van der Waals surface area (Å²) in [5.74, 6) is 0.338. The molecule has 2 heterocycles. The van der Waals surface area contributed by atoms with Crippen molar-refractivity contribution in [3.05, 3.63) is 12.4 Å². The molecule has 7 nitrogen and oxygen atoms in total. The molecule has 0 saturated carbocycles. The Labute approximate surface area is 55.1 Å². The fourth-order valence-corrected chi connectivity index (χ4v) is 0.560. The maximum absolute atomic E-state index is 3.78. The zero-order chi connectivity index (χ0) is 6.81. The van der Waals surface area contributed by atoms with E-state index in [1.165, 1.54) is 17.2 Å². The average molecular weight is 137 g/mol. The number of rotatable bonds is 1. The summed E-state index contributed by atoms with van der Waals surface area (Å²) in [5, 5.41) is 20.5. The average Bonchev–Trinajstić information content (AvgIpc) is 2.59. The largest absolute Gasteiger partial charge is 0.307 e. The number of hydrogen-bond acceptors (Lipinski definition) is 5. The first kappa shape index (κ1) is 5.03. The number of nitrogens with one attached hydrogen (secondary N) is 1. The molecule has 50 valence electrons. The Bertz CT molecular complexity index is 248. The van der Waals surface area contributed by atoms with Crippen molar-refractivity contribution >= 4 is 0 Å². The summed E-state index contributed by atoms with van der Waals surface area (Å²) >= 11 is 0. The zero-order valence-electron chi connectivity index (χ0n) is 4.84. The molecule has 0 unspecified atom stereocenters. The molecule has 0 radical (unpaired) electrons. The minimum absolute atomic E-state index is 0.338. The highest BCUT2D eigenvalue weighted by Gasteiger charge is 1.99. The van der Waals surface area contributed by atoms with Crippen LogP contribution in [0.5, 0.6) is 0 Å². The van der Waals surface area contributed by atoms with Gasteiger partial charge in [-0.05, 0) is 5.21 Å². The van der Waals surface area contributed by atoms with Crippen LogP contribution < -0.4 is 0 Å². The lowest BCUT2D eigenvalue weighted by atomic mass is 11.0. The maximum Gasteiger partial charge on any atom is 0.307 e. The van der Waals surface area contributed by atoms with Crippen molar-refractivity contribution in [2.24, 2.45) is 0 Å². The summed E-state index contributed by atoms with van der Waals surface area (Å²) < 4.78 is 0. The van der Waals surface area contributed by atoms with Gasteiger partial charge < -0.3 is 0 Å². The predicted octanol–water partition coefficient (Wildman–Crippen LogP) is -1.22. The molecule has 0 aliphatic heterocycles. The summed E-state index contributed by atoms with van der Waals surface area (Å²) in [6, 6.07) is 0. The first-order chi connectivity index (χ1) is 4.97. The molecule has 0 amide bonds. The SMILES string of the molecule is c1cnn(-c2nn[nH]n2)n1.